The fourth-order valence-electron chi connectivity index (χ4n) is 2.57. The van der Waals surface area contributed by atoms with E-state index in [1.165, 1.54) is 12.8 Å². The Balaban J connectivity index is 1.81. The Morgan fingerprint density at radius 3 is 2.48 bits per heavy atom. The molecular weight excluding hydrogens is 284 g/mol. The van der Waals surface area contributed by atoms with Crippen LogP contribution in [-0.2, 0) is 10.0 Å². The minimum Gasteiger partial charge on any atom is -0.303 e. The summed E-state index contributed by atoms with van der Waals surface area (Å²) in [5.41, 5.74) is 1.69. The molecule has 0 aromatic heterocycles. The van der Waals surface area contributed by atoms with E-state index in [4.69, 9.17) is 0 Å². The second kappa shape index (κ2) is 7.61. The first-order valence-electron chi connectivity index (χ1n) is 7.55. The van der Waals surface area contributed by atoms with Gasteiger partial charge in [-0.3, -0.25) is 4.72 Å². The van der Waals surface area contributed by atoms with Gasteiger partial charge in [0.15, 0.2) is 0 Å². The zero-order valence-electron chi connectivity index (χ0n) is 12.6. The quantitative estimate of drug-likeness (QED) is 0.842. The normalized spacial score (nSPS) is 16.6. The van der Waals surface area contributed by atoms with Crippen LogP contribution in [-0.4, -0.2) is 38.7 Å². The number of nitrogens with zero attached hydrogens (tertiary/aromatic N) is 1. The molecular formula is C16H24N2O2S. The maximum Gasteiger partial charge on any atom is 0.232 e. The van der Waals surface area contributed by atoms with Gasteiger partial charge in [-0.25, -0.2) is 8.42 Å². The van der Waals surface area contributed by atoms with Crippen molar-refractivity contribution in [2.45, 2.75) is 26.2 Å². The van der Waals surface area contributed by atoms with Crippen molar-refractivity contribution in [3.8, 4) is 0 Å². The molecule has 0 unspecified atom stereocenters. The Morgan fingerprint density at radius 1 is 1.19 bits per heavy atom. The van der Waals surface area contributed by atoms with Crippen molar-refractivity contribution < 1.29 is 8.42 Å². The van der Waals surface area contributed by atoms with E-state index < -0.39 is 10.0 Å². The molecule has 21 heavy (non-hydrogen) atoms. The molecule has 4 nitrogen and oxygen atoms in total. The summed E-state index contributed by atoms with van der Waals surface area (Å²) in [6, 6.07) is 7.41. The zero-order chi connectivity index (χ0) is 15.1. The minimum absolute atomic E-state index is 0.181. The predicted molar refractivity (Wildman–Crippen MR) is 88.9 cm³/mol. The van der Waals surface area contributed by atoms with Gasteiger partial charge in [0, 0.05) is 5.69 Å². The van der Waals surface area contributed by atoms with Crippen LogP contribution >= 0.6 is 0 Å². The van der Waals surface area contributed by atoms with E-state index in [1.54, 1.807) is 12.1 Å². The van der Waals surface area contributed by atoms with Gasteiger partial charge >= 0.3 is 0 Å². The summed E-state index contributed by atoms with van der Waals surface area (Å²) >= 11 is 0. The van der Waals surface area contributed by atoms with Crippen molar-refractivity contribution in [2.24, 2.45) is 0 Å². The highest BCUT2D eigenvalue weighted by atomic mass is 32.2. The highest BCUT2D eigenvalue weighted by Crippen LogP contribution is 2.13. The second-order valence-electron chi connectivity index (χ2n) is 5.45. The molecule has 0 saturated carbocycles. The van der Waals surface area contributed by atoms with Gasteiger partial charge in [-0.05, 0) is 63.5 Å². The number of hydrogen-bond acceptors (Lipinski definition) is 3. The topological polar surface area (TPSA) is 49.4 Å². The summed E-state index contributed by atoms with van der Waals surface area (Å²) in [7, 11) is -3.25. The number of rotatable bonds is 7. The molecule has 0 aliphatic carbocycles. The van der Waals surface area contributed by atoms with Crippen molar-refractivity contribution in [1.29, 1.82) is 0 Å². The highest BCUT2D eigenvalue weighted by molar-refractivity contribution is 7.92. The van der Waals surface area contributed by atoms with E-state index in [2.05, 4.69) is 9.62 Å². The van der Waals surface area contributed by atoms with Gasteiger partial charge < -0.3 is 4.90 Å². The molecule has 0 radical (unpaired) electrons. The highest BCUT2D eigenvalue weighted by Gasteiger charge is 2.14. The molecule has 0 bridgehead atoms. The van der Waals surface area contributed by atoms with Crippen LogP contribution in [0.4, 0.5) is 5.69 Å². The maximum absolute atomic E-state index is 12.0. The lowest BCUT2D eigenvalue weighted by Crippen LogP contribution is -2.24. The molecule has 5 heteroatoms. The molecule has 1 aliphatic rings. The first-order chi connectivity index (χ1) is 10.1. The molecule has 1 N–H and O–H groups in total. The maximum atomic E-state index is 12.0. The molecule has 1 aromatic carbocycles. The summed E-state index contributed by atoms with van der Waals surface area (Å²) in [6.07, 6.45) is 7.10. The van der Waals surface area contributed by atoms with Gasteiger partial charge in [-0.15, -0.1) is 0 Å². The molecule has 2 rings (SSSR count). The summed E-state index contributed by atoms with van der Waals surface area (Å²) in [4.78, 5) is 2.33. The molecule has 1 aliphatic heterocycles. The molecule has 1 heterocycles. The third kappa shape index (κ3) is 5.52. The first kappa shape index (κ1) is 16.0. The number of likely N-dealkylation sites (tertiary alicyclic amines) is 1. The molecule has 1 saturated heterocycles. The predicted octanol–water partition coefficient (Wildman–Crippen LogP) is 2.95. The van der Waals surface area contributed by atoms with Gasteiger partial charge in [-0.1, -0.05) is 24.3 Å². The van der Waals surface area contributed by atoms with Crippen LogP contribution in [0.25, 0.3) is 6.08 Å². The molecule has 0 spiro atoms. The van der Waals surface area contributed by atoms with E-state index in [0.29, 0.717) is 12.1 Å². The summed E-state index contributed by atoms with van der Waals surface area (Å²) in [5, 5.41) is 0. The van der Waals surface area contributed by atoms with Gasteiger partial charge in [-0.2, -0.15) is 0 Å². The second-order valence-corrected chi connectivity index (χ2v) is 7.29. The first-order valence-corrected chi connectivity index (χ1v) is 9.20. The Hall–Kier alpha value is -1.33. The number of allylic oxidation sites excluding steroid dienone is 1. The molecule has 0 amide bonds. The van der Waals surface area contributed by atoms with Crippen LogP contribution in [0.3, 0.4) is 0 Å². The standard InChI is InChI=1S/C16H24N2O2S/c1-2-6-15-7-9-16(10-8-15)17-21(19,20)14-5-13-18-11-3-4-12-18/h2,6-10,17H,3-5,11-14H2,1H3/b6-2+. The zero-order valence-corrected chi connectivity index (χ0v) is 13.4. The minimum atomic E-state index is -3.25. The smallest absolute Gasteiger partial charge is 0.232 e. The summed E-state index contributed by atoms with van der Waals surface area (Å²) < 4.78 is 26.7. The van der Waals surface area contributed by atoms with Gasteiger partial charge in [0.1, 0.15) is 0 Å². The van der Waals surface area contributed by atoms with Crippen molar-refractivity contribution >= 4 is 21.8 Å². The molecule has 116 valence electrons. The van der Waals surface area contributed by atoms with Gasteiger partial charge in [0.2, 0.25) is 10.0 Å². The number of sulfonamides is 1. The van der Waals surface area contributed by atoms with Crippen LogP contribution in [0.2, 0.25) is 0 Å². The van der Waals surface area contributed by atoms with Crippen molar-refractivity contribution in [3.63, 3.8) is 0 Å². The van der Waals surface area contributed by atoms with E-state index in [1.807, 2.05) is 31.2 Å². The summed E-state index contributed by atoms with van der Waals surface area (Å²) in [6.45, 7) is 5.05. The monoisotopic (exact) mass is 308 g/mol. The van der Waals surface area contributed by atoms with Crippen molar-refractivity contribution in [2.75, 3.05) is 30.1 Å². The fourth-order valence-corrected chi connectivity index (χ4v) is 3.68. The number of benzene rings is 1. The van der Waals surface area contributed by atoms with E-state index in [9.17, 15) is 8.42 Å². The molecule has 1 fully saturated rings. The SMILES string of the molecule is C/C=C/c1ccc(NS(=O)(=O)CCCN2CCCC2)cc1. The Kier molecular flexibility index (Phi) is 5.82. The van der Waals surface area contributed by atoms with E-state index >= 15 is 0 Å². The van der Waals surface area contributed by atoms with Crippen molar-refractivity contribution in [3.05, 3.63) is 35.9 Å². The largest absolute Gasteiger partial charge is 0.303 e. The van der Waals surface area contributed by atoms with Gasteiger partial charge in [0.05, 0.1) is 5.75 Å². The Bertz CT molecular complexity index is 558. The average Bonchev–Trinajstić information content (AvgIpc) is 2.94. The lowest BCUT2D eigenvalue weighted by atomic mass is 10.2. The lowest BCUT2D eigenvalue weighted by Gasteiger charge is -2.14. The Labute approximate surface area is 127 Å². The molecule has 0 atom stereocenters. The van der Waals surface area contributed by atoms with Crippen LogP contribution in [0.15, 0.2) is 30.3 Å². The third-order valence-electron chi connectivity index (χ3n) is 3.63. The molecule has 1 aromatic rings. The fraction of sp³-hybridized carbons (Fsp3) is 0.500. The average molecular weight is 308 g/mol. The number of nitrogens with one attached hydrogen (secondary N) is 1. The number of anilines is 1. The van der Waals surface area contributed by atoms with Crippen LogP contribution in [0, 0.1) is 0 Å². The lowest BCUT2D eigenvalue weighted by molar-refractivity contribution is 0.340. The van der Waals surface area contributed by atoms with Crippen LogP contribution < -0.4 is 4.72 Å². The Morgan fingerprint density at radius 2 is 1.86 bits per heavy atom. The van der Waals surface area contributed by atoms with Crippen molar-refractivity contribution in [1.82, 2.24) is 4.90 Å². The van der Waals surface area contributed by atoms with E-state index in [0.717, 1.165) is 25.2 Å². The van der Waals surface area contributed by atoms with Crippen LogP contribution in [0.5, 0.6) is 0 Å². The third-order valence-corrected chi connectivity index (χ3v) is 5.00. The van der Waals surface area contributed by atoms with Crippen LogP contribution in [0.1, 0.15) is 31.7 Å². The summed E-state index contributed by atoms with van der Waals surface area (Å²) in [5.74, 6) is 0.181. The van der Waals surface area contributed by atoms with Gasteiger partial charge in [0.25, 0.3) is 0 Å². The number of hydrogen-bond donors (Lipinski definition) is 1. The van der Waals surface area contributed by atoms with E-state index in [-0.39, 0.29) is 5.75 Å².